The maximum absolute atomic E-state index is 11.2. The van der Waals surface area contributed by atoms with Crippen molar-refractivity contribution in [2.45, 2.75) is 20.4 Å². The van der Waals surface area contributed by atoms with E-state index in [9.17, 15) is 14.9 Å². The Bertz CT molecular complexity index is 446. The molecule has 0 saturated heterocycles. The Morgan fingerprint density at radius 3 is 2.78 bits per heavy atom. The summed E-state index contributed by atoms with van der Waals surface area (Å²) in [4.78, 5) is 21.6. The molecule has 2 N–H and O–H groups in total. The maximum atomic E-state index is 11.2. The van der Waals surface area contributed by atoms with E-state index in [1.54, 1.807) is 13.0 Å². The summed E-state index contributed by atoms with van der Waals surface area (Å²) in [6, 6.07) is 4.93. The zero-order valence-corrected chi connectivity index (χ0v) is 10.5. The van der Waals surface area contributed by atoms with Gasteiger partial charge in [-0.2, -0.15) is 0 Å². The number of carbonyl (C=O) groups excluding carboxylic acids is 1. The van der Waals surface area contributed by atoms with Gasteiger partial charge in [-0.1, -0.05) is 12.1 Å². The molecule has 0 aliphatic carbocycles. The number of likely N-dealkylation sites (N-methyl/N-ethyl adjacent to an activating group) is 1. The van der Waals surface area contributed by atoms with E-state index in [-0.39, 0.29) is 18.1 Å². The summed E-state index contributed by atoms with van der Waals surface area (Å²) in [6.07, 6.45) is 0. The summed E-state index contributed by atoms with van der Waals surface area (Å²) < 4.78 is 0. The lowest BCUT2D eigenvalue weighted by Gasteiger charge is -2.08. The Labute approximate surface area is 106 Å². The number of nitro benzene ring substituents is 1. The average Bonchev–Trinajstić information content (AvgIpc) is 2.31. The lowest BCUT2D eigenvalue weighted by molar-refractivity contribution is -0.385. The van der Waals surface area contributed by atoms with Crippen molar-refractivity contribution in [2.24, 2.45) is 0 Å². The summed E-state index contributed by atoms with van der Waals surface area (Å²) in [5, 5.41) is 16.4. The molecule has 1 aromatic rings. The second-order valence-corrected chi connectivity index (χ2v) is 3.88. The van der Waals surface area contributed by atoms with Crippen LogP contribution in [0.3, 0.4) is 0 Å². The summed E-state index contributed by atoms with van der Waals surface area (Å²) in [6.45, 7) is 4.79. The van der Waals surface area contributed by atoms with Crippen LogP contribution in [0.25, 0.3) is 0 Å². The molecule has 0 aliphatic heterocycles. The third-order valence-corrected chi connectivity index (χ3v) is 2.59. The van der Waals surface area contributed by atoms with Gasteiger partial charge in [-0.15, -0.1) is 0 Å². The van der Waals surface area contributed by atoms with Crippen LogP contribution in [-0.4, -0.2) is 23.9 Å². The first kappa shape index (κ1) is 14.1. The highest BCUT2D eigenvalue weighted by atomic mass is 16.6. The first-order valence-corrected chi connectivity index (χ1v) is 5.76. The molecule has 0 saturated carbocycles. The van der Waals surface area contributed by atoms with Crippen LogP contribution >= 0.6 is 0 Å². The first-order chi connectivity index (χ1) is 8.56. The van der Waals surface area contributed by atoms with Crippen molar-refractivity contribution in [1.29, 1.82) is 0 Å². The van der Waals surface area contributed by atoms with E-state index in [0.29, 0.717) is 18.7 Å². The normalized spacial score (nSPS) is 10.1. The van der Waals surface area contributed by atoms with Gasteiger partial charge in [0, 0.05) is 24.7 Å². The van der Waals surface area contributed by atoms with Crippen molar-refractivity contribution in [3.05, 3.63) is 39.4 Å². The molecule has 6 nitrogen and oxygen atoms in total. The molecule has 0 fully saturated rings. The predicted octanol–water partition coefficient (Wildman–Crippen LogP) is 1.13. The highest BCUT2D eigenvalue weighted by Crippen LogP contribution is 2.20. The van der Waals surface area contributed by atoms with Crippen LogP contribution in [-0.2, 0) is 11.3 Å². The molecule has 0 aromatic heterocycles. The third kappa shape index (κ3) is 3.81. The fourth-order valence-electron chi connectivity index (χ4n) is 1.63. The van der Waals surface area contributed by atoms with Crippen LogP contribution in [0.2, 0.25) is 0 Å². The Morgan fingerprint density at radius 2 is 2.17 bits per heavy atom. The van der Waals surface area contributed by atoms with Crippen LogP contribution in [0.5, 0.6) is 0 Å². The molecule has 0 bridgehead atoms. The van der Waals surface area contributed by atoms with E-state index in [1.165, 1.54) is 6.07 Å². The van der Waals surface area contributed by atoms with Crippen molar-refractivity contribution < 1.29 is 9.72 Å². The number of nitrogens with zero attached hydrogens (tertiary/aromatic N) is 1. The Kier molecular flexibility index (Phi) is 5.26. The summed E-state index contributed by atoms with van der Waals surface area (Å²) in [7, 11) is 0. The Balaban J connectivity index is 2.60. The van der Waals surface area contributed by atoms with Crippen molar-refractivity contribution >= 4 is 11.6 Å². The Hall–Kier alpha value is -1.95. The Morgan fingerprint density at radius 1 is 1.44 bits per heavy atom. The van der Waals surface area contributed by atoms with Crippen molar-refractivity contribution in [3.63, 3.8) is 0 Å². The molecular formula is C12H17N3O3. The fraction of sp³-hybridized carbons (Fsp3) is 0.417. The van der Waals surface area contributed by atoms with Gasteiger partial charge < -0.3 is 10.6 Å². The van der Waals surface area contributed by atoms with Crippen LogP contribution in [0.1, 0.15) is 18.1 Å². The monoisotopic (exact) mass is 251 g/mol. The third-order valence-electron chi connectivity index (χ3n) is 2.59. The number of hydrogen-bond donors (Lipinski definition) is 2. The minimum absolute atomic E-state index is 0.0828. The topological polar surface area (TPSA) is 84.3 Å². The minimum Gasteiger partial charge on any atom is -0.355 e. The lowest BCUT2D eigenvalue weighted by Crippen LogP contribution is -2.33. The smallest absolute Gasteiger partial charge is 0.272 e. The lowest BCUT2D eigenvalue weighted by atomic mass is 10.1. The van der Waals surface area contributed by atoms with Gasteiger partial charge in [0.15, 0.2) is 0 Å². The number of hydrogen-bond acceptors (Lipinski definition) is 4. The van der Waals surface area contributed by atoms with Gasteiger partial charge in [-0.25, -0.2) is 0 Å². The van der Waals surface area contributed by atoms with Gasteiger partial charge in [-0.05, 0) is 19.4 Å². The molecule has 98 valence electrons. The number of nitrogens with one attached hydrogen (secondary N) is 2. The van der Waals surface area contributed by atoms with Gasteiger partial charge in [0.05, 0.1) is 11.5 Å². The van der Waals surface area contributed by atoms with Crippen molar-refractivity contribution in [3.8, 4) is 0 Å². The summed E-state index contributed by atoms with van der Waals surface area (Å²) in [5.74, 6) is -0.0828. The molecule has 18 heavy (non-hydrogen) atoms. The predicted molar refractivity (Wildman–Crippen MR) is 68.2 cm³/mol. The van der Waals surface area contributed by atoms with Crippen LogP contribution in [0, 0.1) is 17.0 Å². The van der Waals surface area contributed by atoms with Gasteiger partial charge in [0.2, 0.25) is 5.91 Å². The van der Waals surface area contributed by atoms with Gasteiger partial charge in [0.1, 0.15) is 0 Å². The molecular weight excluding hydrogens is 234 g/mol. The zero-order valence-electron chi connectivity index (χ0n) is 10.5. The number of nitro groups is 1. The summed E-state index contributed by atoms with van der Waals surface area (Å²) in [5.41, 5.74) is 1.56. The van der Waals surface area contributed by atoms with E-state index in [4.69, 9.17) is 0 Å². The quantitative estimate of drug-likeness (QED) is 0.586. The molecule has 0 aliphatic rings. The van der Waals surface area contributed by atoms with Crippen LogP contribution < -0.4 is 10.6 Å². The molecule has 1 rings (SSSR count). The molecule has 6 heteroatoms. The minimum atomic E-state index is -0.400. The SMILES string of the molecule is CCNC(=O)CNCc1cccc([N+](=O)[O-])c1C. The van der Waals surface area contributed by atoms with Gasteiger partial charge in [0.25, 0.3) is 5.69 Å². The van der Waals surface area contributed by atoms with Gasteiger partial charge >= 0.3 is 0 Å². The molecule has 0 atom stereocenters. The highest BCUT2D eigenvalue weighted by Gasteiger charge is 2.12. The molecule has 1 amide bonds. The average molecular weight is 251 g/mol. The maximum Gasteiger partial charge on any atom is 0.272 e. The molecule has 0 unspecified atom stereocenters. The molecule has 1 aromatic carbocycles. The number of rotatable bonds is 6. The summed E-state index contributed by atoms with van der Waals surface area (Å²) >= 11 is 0. The van der Waals surface area contributed by atoms with Crippen LogP contribution in [0.15, 0.2) is 18.2 Å². The molecule has 0 spiro atoms. The fourth-order valence-corrected chi connectivity index (χ4v) is 1.63. The number of amides is 1. The second-order valence-electron chi connectivity index (χ2n) is 3.88. The van der Waals surface area contributed by atoms with Gasteiger partial charge in [-0.3, -0.25) is 14.9 Å². The van der Waals surface area contributed by atoms with Crippen molar-refractivity contribution in [1.82, 2.24) is 10.6 Å². The van der Waals surface area contributed by atoms with Crippen LogP contribution in [0.4, 0.5) is 5.69 Å². The van der Waals surface area contributed by atoms with E-state index in [2.05, 4.69) is 10.6 Å². The molecule has 0 heterocycles. The first-order valence-electron chi connectivity index (χ1n) is 5.76. The zero-order chi connectivity index (χ0) is 13.5. The second kappa shape index (κ2) is 6.70. The van der Waals surface area contributed by atoms with E-state index in [0.717, 1.165) is 5.56 Å². The number of carbonyl (C=O) groups is 1. The highest BCUT2D eigenvalue weighted by molar-refractivity contribution is 5.77. The van der Waals surface area contributed by atoms with E-state index >= 15 is 0 Å². The molecule has 0 radical (unpaired) electrons. The van der Waals surface area contributed by atoms with E-state index < -0.39 is 4.92 Å². The van der Waals surface area contributed by atoms with Crippen molar-refractivity contribution in [2.75, 3.05) is 13.1 Å². The largest absolute Gasteiger partial charge is 0.355 e. The van der Waals surface area contributed by atoms with E-state index in [1.807, 2.05) is 13.0 Å². The number of benzene rings is 1. The standard InChI is InChI=1S/C12H17N3O3/c1-3-14-12(16)8-13-7-10-5-4-6-11(9(10)2)15(17)18/h4-6,13H,3,7-8H2,1-2H3,(H,14,16).